The van der Waals surface area contributed by atoms with Crippen molar-refractivity contribution in [3.05, 3.63) is 36.2 Å². The van der Waals surface area contributed by atoms with Gasteiger partial charge in [0.05, 0.1) is 19.4 Å². The third-order valence-electron chi connectivity index (χ3n) is 4.86. The molecule has 4 rings (SSSR count). The second-order valence-electron chi connectivity index (χ2n) is 6.81. The molecule has 0 saturated carbocycles. The van der Waals surface area contributed by atoms with Gasteiger partial charge in [0.2, 0.25) is 5.95 Å². The molecule has 1 aromatic carbocycles. The molecule has 0 radical (unpaired) electrons. The molecule has 4 atom stereocenters. The van der Waals surface area contributed by atoms with Crippen LogP contribution in [-0.4, -0.2) is 72.6 Å². The van der Waals surface area contributed by atoms with Crippen LogP contribution in [0.5, 0.6) is 5.75 Å². The lowest BCUT2D eigenvalue weighted by atomic mass is 10.1. The number of anilines is 2. The van der Waals surface area contributed by atoms with Gasteiger partial charge in [0.1, 0.15) is 30.4 Å². The number of hydrogen-bond acceptors (Lipinski definition) is 11. The second-order valence-corrected chi connectivity index (χ2v) is 6.81. The van der Waals surface area contributed by atoms with Crippen molar-refractivity contribution in [2.24, 2.45) is 5.10 Å². The molecule has 12 nitrogen and oxygen atoms in total. The summed E-state index contributed by atoms with van der Waals surface area (Å²) in [5, 5.41) is 34.3. The molecule has 3 heterocycles. The molecule has 1 aliphatic heterocycles. The number of nitrogen functional groups attached to an aromatic ring is 1. The van der Waals surface area contributed by atoms with Gasteiger partial charge >= 0.3 is 0 Å². The topological polar surface area (TPSA) is 173 Å². The number of benzene rings is 1. The van der Waals surface area contributed by atoms with Crippen molar-refractivity contribution < 1.29 is 24.8 Å². The number of nitrogens with zero attached hydrogens (tertiary/aromatic N) is 5. The molecule has 12 heteroatoms. The summed E-state index contributed by atoms with van der Waals surface area (Å²) in [5.41, 5.74) is 10.0. The van der Waals surface area contributed by atoms with Crippen LogP contribution in [0.4, 0.5) is 11.8 Å². The molecule has 6 N–H and O–H groups in total. The van der Waals surface area contributed by atoms with Gasteiger partial charge in [-0.05, 0) is 19.1 Å². The van der Waals surface area contributed by atoms with E-state index in [0.29, 0.717) is 12.4 Å². The maximum Gasteiger partial charge on any atom is 0.228 e. The largest absolute Gasteiger partial charge is 0.493 e. The van der Waals surface area contributed by atoms with E-state index < -0.39 is 31.1 Å². The van der Waals surface area contributed by atoms with Crippen LogP contribution in [-0.2, 0) is 4.74 Å². The summed E-state index contributed by atoms with van der Waals surface area (Å²) in [5.74, 6) is 0.953. The molecular formula is C19H23N7O5. The average molecular weight is 429 g/mol. The Bertz CT molecular complexity index is 1090. The highest BCUT2D eigenvalue weighted by molar-refractivity contribution is 5.85. The highest BCUT2D eigenvalue weighted by Gasteiger charge is 2.45. The molecule has 2 aromatic heterocycles. The minimum absolute atomic E-state index is 0.129. The fraction of sp³-hybridized carbons (Fsp3) is 0.368. The van der Waals surface area contributed by atoms with Gasteiger partial charge in [-0.1, -0.05) is 12.1 Å². The molecule has 0 unspecified atom stereocenters. The van der Waals surface area contributed by atoms with Gasteiger partial charge in [0.25, 0.3) is 0 Å². The first-order valence-corrected chi connectivity index (χ1v) is 9.66. The number of aliphatic hydroxyl groups excluding tert-OH is 3. The van der Waals surface area contributed by atoms with E-state index in [1.807, 2.05) is 31.2 Å². The number of nitrogens with two attached hydrogens (primary N) is 1. The van der Waals surface area contributed by atoms with Gasteiger partial charge in [0.15, 0.2) is 23.2 Å². The number of aromatic nitrogens is 4. The van der Waals surface area contributed by atoms with Crippen molar-refractivity contribution >= 4 is 29.1 Å². The van der Waals surface area contributed by atoms with E-state index in [0.717, 1.165) is 5.56 Å². The van der Waals surface area contributed by atoms with Crippen molar-refractivity contribution in [2.75, 3.05) is 24.4 Å². The van der Waals surface area contributed by atoms with E-state index >= 15 is 0 Å². The molecule has 0 aliphatic carbocycles. The quantitative estimate of drug-likeness (QED) is 0.251. The number of hydrazone groups is 1. The first-order valence-electron chi connectivity index (χ1n) is 9.66. The maximum absolute atomic E-state index is 10.5. The molecule has 0 amide bonds. The molecule has 3 aromatic rings. The molecule has 1 aliphatic rings. The van der Waals surface area contributed by atoms with E-state index in [4.69, 9.17) is 15.2 Å². The number of imidazole rings is 1. The summed E-state index contributed by atoms with van der Waals surface area (Å²) in [6.07, 6.45) is -1.87. The summed E-state index contributed by atoms with van der Waals surface area (Å²) < 4.78 is 12.6. The summed E-state index contributed by atoms with van der Waals surface area (Å²) in [7, 11) is 0. The standard InChI is InChI=1S/C19H23N7O5/c1-2-30-11-6-4-3-5-10(11)7-23-25-19-24-13-16(20)21-9-22-17(13)26(19)18-15(29)14(28)12(8-27)31-18/h3-7,9,12,14-15,18,27-29H,2,8H2,1H3,(H,24,25)(H2,20,21,22)/b23-7+/t12-,14-,15-,18-/m0/s1. The van der Waals surface area contributed by atoms with Gasteiger partial charge in [-0.3, -0.25) is 4.57 Å². The fourth-order valence-corrected chi connectivity index (χ4v) is 3.37. The molecule has 0 spiro atoms. The van der Waals surface area contributed by atoms with Crippen LogP contribution in [0.3, 0.4) is 0 Å². The Labute approximate surface area is 177 Å². The van der Waals surface area contributed by atoms with Crippen LogP contribution in [0, 0.1) is 0 Å². The van der Waals surface area contributed by atoms with Gasteiger partial charge in [0, 0.05) is 5.56 Å². The van der Waals surface area contributed by atoms with Crippen LogP contribution in [0.25, 0.3) is 11.2 Å². The van der Waals surface area contributed by atoms with Gasteiger partial charge in [-0.2, -0.15) is 5.10 Å². The first-order chi connectivity index (χ1) is 15.0. The normalized spacial score (nSPS) is 23.6. The lowest BCUT2D eigenvalue weighted by molar-refractivity contribution is -0.0501. The zero-order valence-corrected chi connectivity index (χ0v) is 16.7. The summed E-state index contributed by atoms with van der Waals surface area (Å²) in [4.78, 5) is 12.5. The Morgan fingerprint density at radius 1 is 1.29 bits per heavy atom. The van der Waals surface area contributed by atoms with Crippen LogP contribution in [0.15, 0.2) is 35.7 Å². The molecular weight excluding hydrogens is 406 g/mol. The van der Waals surface area contributed by atoms with Crippen molar-refractivity contribution in [3.8, 4) is 5.75 Å². The molecule has 31 heavy (non-hydrogen) atoms. The number of aliphatic hydroxyl groups is 3. The smallest absolute Gasteiger partial charge is 0.228 e. The van der Waals surface area contributed by atoms with Crippen molar-refractivity contribution in [1.29, 1.82) is 0 Å². The SMILES string of the molecule is CCOc1ccccc1/C=N/Nc1nc2c(N)ncnc2n1[C@H]1O[C@@H](CO)[C@H](O)[C@@H]1O. The van der Waals surface area contributed by atoms with E-state index in [1.54, 1.807) is 6.21 Å². The molecule has 1 fully saturated rings. The second kappa shape index (κ2) is 8.81. The number of para-hydroxylation sites is 1. The highest BCUT2D eigenvalue weighted by atomic mass is 16.6. The zero-order valence-electron chi connectivity index (χ0n) is 16.7. The Hall–Kier alpha value is -3.32. The number of fused-ring (bicyclic) bond motifs is 1. The van der Waals surface area contributed by atoms with E-state index in [2.05, 4.69) is 25.5 Å². The predicted octanol–water partition coefficient (Wildman–Crippen LogP) is -0.135. The van der Waals surface area contributed by atoms with Crippen LogP contribution < -0.4 is 15.9 Å². The summed E-state index contributed by atoms with van der Waals surface area (Å²) >= 11 is 0. The Morgan fingerprint density at radius 3 is 2.84 bits per heavy atom. The summed E-state index contributed by atoms with van der Waals surface area (Å²) in [6, 6.07) is 7.39. The predicted molar refractivity (Wildman–Crippen MR) is 112 cm³/mol. The minimum Gasteiger partial charge on any atom is -0.493 e. The fourth-order valence-electron chi connectivity index (χ4n) is 3.37. The number of rotatable bonds is 7. The number of nitrogens with one attached hydrogen (secondary N) is 1. The van der Waals surface area contributed by atoms with Crippen LogP contribution >= 0.6 is 0 Å². The molecule has 0 bridgehead atoms. The third kappa shape index (κ3) is 3.88. The zero-order chi connectivity index (χ0) is 22.0. The monoisotopic (exact) mass is 429 g/mol. The van der Waals surface area contributed by atoms with Crippen LogP contribution in [0.2, 0.25) is 0 Å². The first kappa shape index (κ1) is 20.9. The molecule has 1 saturated heterocycles. The average Bonchev–Trinajstić information content (AvgIpc) is 3.27. The highest BCUT2D eigenvalue weighted by Crippen LogP contribution is 2.35. The lowest BCUT2D eigenvalue weighted by Gasteiger charge is -2.18. The van der Waals surface area contributed by atoms with E-state index in [1.165, 1.54) is 10.9 Å². The van der Waals surface area contributed by atoms with E-state index in [9.17, 15) is 15.3 Å². The lowest BCUT2D eigenvalue weighted by Crippen LogP contribution is -2.33. The molecule has 164 valence electrons. The van der Waals surface area contributed by atoms with Crippen molar-refractivity contribution in [2.45, 2.75) is 31.5 Å². The van der Waals surface area contributed by atoms with Gasteiger partial charge < -0.3 is 30.5 Å². The maximum atomic E-state index is 10.5. The third-order valence-corrected chi connectivity index (χ3v) is 4.86. The number of ether oxygens (including phenoxy) is 2. The number of hydrogen-bond donors (Lipinski definition) is 5. The van der Waals surface area contributed by atoms with Crippen molar-refractivity contribution in [1.82, 2.24) is 19.5 Å². The van der Waals surface area contributed by atoms with Gasteiger partial charge in [-0.15, -0.1) is 0 Å². The van der Waals surface area contributed by atoms with Crippen LogP contribution in [0.1, 0.15) is 18.7 Å². The van der Waals surface area contributed by atoms with Crippen molar-refractivity contribution in [3.63, 3.8) is 0 Å². The van der Waals surface area contributed by atoms with Gasteiger partial charge in [-0.25, -0.2) is 20.4 Å². The Balaban J connectivity index is 1.70. The Kier molecular flexibility index (Phi) is 5.95. The summed E-state index contributed by atoms with van der Waals surface area (Å²) in [6.45, 7) is 1.94. The minimum atomic E-state index is -1.34. The van der Waals surface area contributed by atoms with E-state index in [-0.39, 0.29) is 22.9 Å². The Morgan fingerprint density at radius 2 is 2.10 bits per heavy atom.